The molecule has 0 spiro atoms. The molecule has 6 nitrogen and oxygen atoms in total. The molecule has 2 aliphatic rings. The van der Waals surface area contributed by atoms with Gasteiger partial charge in [-0.05, 0) is 30.9 Å². The van der Waals surface area contributed by atoms with E-state index in [9.17, 15) is 31.5 Å². The molecule has 1 aromatic rings. The molecule has 2 heterocycles. The van der Waals surface area contributed by atoms with Crippen LogP contribution in [0.25, 0.3) is 0 Å². The van der Waals surface area contributed by atoms with E-state index in [1.54, 1.807) is 0 Å². The molecule has 1 aliphatic heterocycles. The van der Waals surface area contributed by atoms with Gasteiger partial charge in [0.1, 0.15) is 0 Å². The van der Waals surface area contributed by atoms with Crippen LogP contribution in [0.15, 0.2) is 12.1 Å². The molecule has 0 bridgehead atoms. The van der Waals surface area contributed by atoms with Crippen molar-refractivity contribution in [1.82, 2.24) is 9.88 Å². The Balaban J connectivity index is 2.00. The first-order valence-corrected chi connectivity index (χ1v) is 9.15. The molecule has 2 atom stereocenters. The summed E-state index contributed by atoms with van der Waals surface area (Å²) in [6, 6.07) is 1.10. The summed E-state index contributed by atoms with van der Waals surface area (Å²) in [5.74, 6) is -4.41. The molecule has 29 heavy (non-hydrogen) atoms. The number of hydrogen-bond donors (Lipinski definition) is 1. The Bertz CT molecular complexity index is 810. The maximum Gasteiger partial charge on any atom is 0.434 e. The highest BCUT2D eigenvalue weighted by Crippen LogP contribution is 2.45. The molecule has 2 fully saturated rings. The minimum Gasteiger partial charge on any atom is -0.434 e. The van der Waals surface area contributed by atoms with Gasteiger partial charge in [-0.1, -0.05) is 11.6 Å². The number of primary amides is 1. The normalized spacial score (nSPS) is 23.7. The van der Waals surface area contributed by atoms with Crippen LogP contribution in [0.4, 0.5) is 26.7 Å². The van der Waals surface area contributed by atoms with Crippen LogP contribution in [0.3, 0.4) is 0 Å². The number of cyclic esters (lactones) is 1. The van der Waals surface area contributed by atoms with Crippen molar-refractivity contribution in [2.45, 2.75) is 49.9 Å². The quantitative estimate of drug-likeness (QED) is 0.717. The summed E-state index contributed by atoms with van der Waals surface area (Å²) in [6.45, 7) is -0.308. The molecular formula is C17H17ClF5N3O3. The third-order valence-corrected chi connectivity index (χ3v) is 5.45. The number of halogens is 6. The molecule has 1 unspecified atom stereocenters. The van der Waals surface area contributed by atoms with Crippen molar-refractivity contribution < 1.29 is 36.3 Å². The van der Waals surface area contributed by atoms with Crippen LogP contribution in [0, 0.1) is 5.92 Å². The molecule has 1 aromatic heterocycles. The van der Waals surface area contributed by atoms with Gasteiger partial charge in [0.2, 0.25) is 5.92 Å². The van der Waals surface area contributed by atoms with Crippen molar-refractivity contribution in [2.75, 3.05) is 6.54 Å². The van der Waals surface area contributed by atoms with Crippen molar-refractivity contribution in [3.8, 4) is 0 Å². The standard InChI is InChI=1S/C17H17ClF5N3O3/c18-9-1-2-10(25-13(9)17(21,22)23)12(8-3-5-16(19,20)6-4-8)26-7-11(14(24)27)29-15(26)28/h1-2,8,11-12H,3-7H2,(H2,24,27)/t11?,12-/m1/s1. The number of rotatable bonds is 4. The summed E-state index contributed by atoms with van der Waals surface area (Å²) >= 11 is 5.61. The van der Waals surface area contributed by atoms with E-state index < -0.39 is 65.7 Å². The lowest BCUT2D eigenvalue weighted by Crippen LogP contribution is -2.40. The number of amides is 2. The maximum absolute atomic E-state index is 13.6. The van der Waals surface area contributed by atoms with Gasteiger partial charge >= 0.3 is 12.3 Å². The first-order chi connectivity index (χ1) is 13.4. The highest BCUT2D eigenvalue weighted by atomic mass is 35.5. The fourth-order valence-corrected chi connectivity index (χ4v) is 3.92. The Kier molecular flexibility index (Phi) is 5.63. The van der Waals surface area contributed by atoms with Crippen LogP contribution in [0.5, 0.6) is 0 Å². The summed E-state index contributed by atoms with van der Waals surface area (Å²) < 4.78 is 71.8. The largest absolute Gasteiger partial charge is 0.434 e. The zero-order chi connectivity index (χ0) is 21.6. The number of nitrogens with zero attached hydrogens (tertiary/aromatic N) is 2. The number of pyridine rings is 1. The maximum atomic E-state index is 13.6. The fourth-order valence-electron chi connectivity index (χ4n) is 3.71. The van der Waals surface area contributed by atoms with Crippen molar-refractivity contribution in [3.63, 3.8) is 0 Å². The number of hydrogen-bond acceptors (Lipinski definition) is 4. The Hall–Kier alpha value is -2.17. The van der Waals surface area contributed by atoms with E-state index in [2.05, 4.69) is 4.98 Å². The van der Waals surface area contributed by atoms with Gasteiger partial charge in [0.05, 0.1) is 23.3 Å². The van der Waals surface area contributed by atoms with Crippen molar-refractivity contribution in [3.05, 3.63) is 28.5 Å². The number of carbonyl (C=O) groups excluding carboxylic acids is 2. The van der Waals surface area contributed by atoms with E-state index >= 15 is 0 Å². The van der Waals surface area contributed by atoms with Crippen LogP contribution in [-0.4, -0.2) is 40.5 Å². The number of aromatic nitrogens is 1. The van der Waals surface area contributed by atoms with Crippen molar-refractivity contribution in [2.24, 2.45) is 11.7 Å². The van der Waals surface area contributed by atoms with Gasteiger partial charge in [0.15, 0.2) is 11.8 Å². The summed E-state index contributed by atoms with van der Waals surface area (Å²) in [4.78, 5) is 28.3. The van der Waals surface area contributed by atoms with Gasteiger partial charge in [0.25, 0.3) is 5.91 Å². The van der Waals surface area contributed by atoms with Crippen LogP contribution < -0.4 is 5.73 Å². The third-order valence-electron chi connectivity index (χ3n) is 5.14. The smallest absolute Gasteiger partial charge is 0.434 e. The molecule has 3 rings (SSSR count). The zero-order valence-electron chi connectivity index (χ0n) is 14.9. The van der Waals surface area contributed by atoms with Gasteiger partial charge in [0, 0.05) is 12.8 Å². The lowest BCUT2D eigenvalue weighted by molar-refractivity contribution is -0.141. The Morgan fingerprint density at radius 1 is 1.31 bits per heavy atom. The molecule has 160 valence electrons. The minimum atomic E-state index is -4.85. The number of ether oxygens (including phenoxy) is 1. The number of carbonyl (C=O) groups is 2. The molecular weight excluding hydrogens is 425 g/mol. The molecule has 1 saturated carbocycles. The van der Waals surface area contributed by atoms with E-state index in [0.29, 0.717) is 0 Å². The third kappa shape index (κ3) is 4.54. The average molecular weight is 442 g/mol. The molecule has 1 aliphatic carbocycles. The molecule has 0 aromatic carbocycles. The van der Waals surface area contributed by atoms with E-state index in [1.165, 1.54) is 6.07 Å². The second kappa shape index (κ2) is 7.58. The summed E-state index contributed by atoms with van der Waals surface area (Å²) in [5.41, 5.74) is 3.64. The monoisotopic (exact) mass is 441 g/mol. The van der Waals surface area contributed by atoms with Crippen molar-refractivity contribution in [1.29, 1.82) is 0 Å². The Labute approximate surface area is 167 Å². The Morgan fingerprint density at radius 3 is 2.45 bits per heavy atom. The highest BCUT2D eigenvalue weighted by Gasteiger charge is 2.46. The van der Waals surface area contributed by atoms with Gasteiger partial charge in [-0.25, -0.2) is 18.6 Å². The summed E-state index contributed by atoms with van der Waals surface area (Å²) in [6.07, 6.45) is -8.15. The van der Waals surface area contributed by atoms with Crippen molar-refractivity contribution >= 4 is 23.6 Å². The highest BCUT2D eigenvalue weighted by molar-refractivity contribution is 6.31. The van der Waals surface area contributed by atoms with E-state index in [-0.39, 0.29) is 25.1 Å². The fraction of sp³-hybridized carbons (Fsp3) is 0.588. The molecule has 2 N–H and O–H groups in total. The van der Waals surface area contributed by atoms with Crippen LogP contribution in [-0.2, 0) is 15.7 Å². The van der Waals surface area contributed by atoms with Crippen LogP contribution >= 0.6 is 11.6 Å². The Morgan fingerprint density at radius 2 is 1.93 bits per heavy atom. The van der Waals surface area contributed by atoms with Crippen LogP contribution in [0.2, 0.25) is 5.02 Å². The second-order valence-corrected chi connectivity index (χ2v) is 7.54. The van der Waals surface area contributed by atoms with Gasteiger partial charge in [-0.15, -0.1) is 0 Å². The number of alkyl halides is 5. The zero-order valence-corrected chi connectivity index (χ0v) is 15.6. The number of nitrogens with two attached hydrogens (primary N) is 1. The summed E-state index contributed by atoms with van der Waals surface area (Å²) in [7, 11) is 0. The van der Waals surface area contributed by atoms with E-state index in [1.807, 2.05) is 0 Å². The molecule has 1 saturated heterocycles. The van der Waals surface area contributed by atoms with Crippen LogP contribution in [0.1, 0.15) is 43.1 Å². The summed E-state index contributed by atoms with van der Waals surface area (Å²) in [5, 5.41) is -0.630. The SMILES string of the molecule is NC(=O)C1CN([C@@H](c2ccc(Cl)c(C(F)(F)F)n2)C2CCC(F)(F)CC2)C(=O)O1. The second-order valence-electron chi connectivity index (χ2n) is 7.13. The minimum absolute atomic E-state index is 0.0473. The van der Waals surface area contributed by atoms with E-state index in [4.69, 9.17) is 22.1 Å². The first-order valence-electron chi connectivity index (χ1n) is 8.77. The molecule has 2 amide bonds. The van der Waals surface area contributed by atoms with Gasteiger partial charge in [-0.3, -0.25) is 9.69 Å². The topological polar surface area (TPSA) is 85.5 Å². The predicted octanol–water partition coefficient (Wildman–Crippen LogP) is 3.93. The van der Waals surface area contributed by atoms with Gasteiger partial charge in [-0.2, -0.15) is 13.2 Å². The average Bonchev–Trinajstić information content (AvgIpc) is 2.99. The van der Waals surface area contributed by atoms with Gasteiger partial charge < -0.3 is 10.5 Å². The lowest BCUT2D eigenvalue weighted by atomic mass is 9.80. The predicted molar refractivity (Wildman–Crippen MR) is 90.1 cm³/mol. The molecule has 12 heteroatoms. The first kappa shape index (κ1) is 21.5. The lowest BCUT2D eigenvalue weighted by Gasteiger charge is -2.37. The molecule has 0 radical (unpaired) electrons. The van der Waals surface area contributed by atoms with E-state index in [0.717, 1.165) is 11.0 Å².